The van der Waals surface area contributed by atoms with Crippen molar-refractivity contribution in [2.24, 2.45) is 5.92 Å². The molecule has 0 spiro atoms. The standard InChI is InChI=1S/C25H40O/c1-6-7-19-26-23(5)25-18-14-17-24(20-25)22(4)16-13-11-9-8-10-12-15-21(2)3/h14,17-18,20-21H,4-13,15-16,19H2,1-3H3. The molecule has 26 heavy (non-hydrogen) atoms. The Morgan fingerprint density at radius 3 is 2.27 bits per heavy atom. The maximum Gasteiger partial charge on any atom is 0.119 e. The lowest BCUT2D eigenvalue weighted by Gasteiger charge is -2.11. The van der Waals surface area contributed by atoms with Gasteiger partial charge in [-0.25, -0.2) is 0 Å². The summed E-state index contributed by atoms with van der Waals surface area (Å²) in [6, 6.07) is 8.47. The molecule has 0 saturated heterocycles. The Hall–Kier alpha value is -1.50. The average Bonchev–Trinajstić information content (AvgIpc) is 2.63. The minimum Gasteiger partial charge on any atom is -0.494 e. The number of hydrogen-bond donors (Lipinski definition) is 0. The van der Waals surface area contributed by atoms with Crippen molar-refractivity contribution in [1.29, 1.82) is 0 Å². The summed E-state index contributed by atoms with van der Waals surface area (Å²) in [4.78, 5) is 0. The molecule has 1 aromatic rings. The molecule has 146 valence electrons. The van der Waals surface area contributed by atoms with Crippen LogP contribution in [0, 0.1) is 5.92 Å². The van der Waals surface area contributed by atoms with Crippen molar-refractivity contribution in [3.63, 3.8) is 0 Å². The summed E-state index contributed by atoms with van der Waals surface area (Å²) < 4.78 is 5.74. The topological polar surface area (TPSA) is 9.23 Å². The maximum absolute atomic E-state index is 5.74. The number of rotatable bonds is 15. The van der Waals surface area contributed by atoms with Crippen LogP contribution in [0.25, 0.3) is 11.3 Å². The van der Waals surface area contributed by atoms with Gasteiger partial charge in [0.15, 0.2) is 0 Å². The highest BCUT2D eigenvalue weighted by molar-refractivity contribution is 5.68. The summed E-state index contributed by atoms with van der Waals surface area (Å²) >= 11 is 0. The van der Waals surface area contributed by atoms with Crippen LogP contribution in [-0.2, 0) is 4.74 Å². The van der Waals surface area contributed by atoms with Gasteiger partial charge in [-0.15, -0.1) is 0 Å². The fourth-order valence-corrected chi connectivity index (χ4v) is 3.08. The SMILES string of the molecule is C=C(CCCCCCCCC(C)C)c1cccc(C(=C)OCCCC)c1. The van der Waals surface area contributed by atoms with Gasteiger partial charge in [-0.3, -0.25) is 0 Å². The van der Waals surface area contributed by atoms with Crippen LogP contribution in [0.3, 0.4) is 0 Å². The molecule has 0 bridgehead atoms. The number of unbranched alkanes of at least 4 members (excludes halogenated alkanes) is 6. The Kier molecular flexibility index (Phi) is 11.9. The van der Waals surface area contributed by atoms with Gasteiger partial charge in [0.2, 0.25) is 0 Å². The van der Waals surface area contributed by atoms with Crippen molar-refractivity contribution in [2.45, 2.75) is 85.0 Å². The summed E-state index contributed by atoms with van der Waals surface area (Å²) in [5.41, 5.74) is 3.53. The van der Waals surface area contributed by atoms with E-state index in [4.69, 9.17) is 4.74 Å². The van der Waals surface area contributed by atoms with Crippen molar-refractivity contribution in [1.82, 2.24) is 0 Å². The van der Waals surface area contributed by atoms with E-state index in [2.05, 4.69) is 58.2 Å². The zero-order valence-electron chi connectivity index (χ0n) is 17.5. The summed E-state index contributed by atoms with van der Waals surface area (Å²) in [6.45, 7) is 15.9. The van der Waals surface area contributed by atoms with Crippen LogP contribution in [0.2, 0.25) is 0 Å². The molecule has 0 aliphatic carbocycles. The Balaban J connectivity index is 2.28. The first-order valence-electron chi connectivity index (χ1n) is 10.6. The van der Waals surface area contributed by atoms with Crippen LogP contribution in [0.1, 0.15) is 96.1 Å². The summed E-state index contributed by atoms with van der Waals surface area (Å²) in [7, 11) is 0. The molecule has 1 nitrogen and oxygen atoms in total. The smallest absolute Gasteiger partial charge is 0.119 e. The van der Waals surface area contributed by atoms with Gasteiger partial charge < -0.3 is 4.74 Å². The third kappa shape index (κ3) is 9.85. The second-order valence-electron chi connectivity index (χ2n) is 7.86. The molecule has 0 saturated carbocycles. The number of allylic oxidation sites excluding steroid dienone is 1. The van der Waals surface area contributed by atoms with Gasteiger partial charge in [-0.05, 0) is 42.4 Å². The molecular weight excluding hydrogens is 316 g/mol. The monoisotopic (exact) mass is 356 g/mol. The third-order valence-corrected chi connectivity index (χ3v) is 4.88. The molecule has 0 aliphatic rings. The molecule has 0 heterocycles. The minimum atomic E-state index is 0.748. The molecule has 0 unspecified atom stereocenters. The lowest BCUT2D eigenvalue weighted by Crippen LogP contribution is -1.94. The summed E-state index contributed by atoms with van der Waals surface area (Å²) in [5, 5.41) is 0. The van der Waals surface area contributed by atoms with E-state index in [9.17, 15) is 0 Å². The fraction of sp³-hybridized carbons (Fsp3) is 0.600. The predicted molar refractivity (Wildman–Crippen MR) is 117 cm³/mol. The second-order valence-corrected chi connectivity index (χ2v) is 7.86. The fourth-order valence-electron chi connectivity index (χ4n) is 3.08. The van der Waals surface area contributed by atoms with Gasteiger partial charge >= 0.3 is 0 Å². The third-order valence-electron chi connectivity index (χ3n) is 4.88. The van der Waals surface area contributed by atoms with Crippen molar-refractivity contribution < 1.29 is 4.74 Å². The van der Waals surface area contributed by atoms with Crippen LogP contribution in [0.15, 0.2) is 37.4 Å². The minimum absolute atomic E-state index is 0.748. The van der Waals surface area contributed by atoms with Gasteiger partial charge in [0.05, 0.1) is 6.61 Å². The Morgan fingerprint density at radius 1 is 0.923 bits per heavy atom. The predicted octanol–water partition coefficient (Wildman–Crippen LogP) is 8.26. The molecule has 0 aliphatic heterocycles. The molecule has 1 rings (SSSR count). The highest BCUT2D eigenvalue weighted by Crippen LogP contribution is 2.24. The Labute approximate surface area is 162 Å². The van der Waals surface area contributed by atoms with E-state index in [0.29, 0.717) is 0 Å². The summed E-state index contributed by atoms with van der Waals surface area (Å²) in [5.74, 6) is 1.62. The van der Waals surface area contributed by atoms with E-state index in [1.165, 1.54) is 56.1 Å². The molecular formula is C25H40O. The van der Waals surface area contributed by atoms with E-state index in [1.54, 1.807) is 0 Å². The number of hydrogen-bond acceptors (Lipinski definition) is 1. The van der Waals surface area contributed by atoms with E-state index in [-0.39, 0.29) is 0 Å². The van der Waals surface area contributed by atoms with Crippen molar-refractivity contribution >= 4 is 11.3 Å². The molecule has 0 N–H and O–H groups in total. The van der Waals surface area contributed by atoms with Crippen molar-refractivity contribution in [2.75, 3.05) is 6.61 Å². The van der Waals surface area contributed by atoms with Gasteiger partial charge in [-0.1, -0.05) is 97.1 Å². The largest absolute Gasteiger partial charge is 0.494 e. The van der Waals surface area contributed by atoms with Crippen LogP contribution >= 0.6 is 0 Å². The van der Waals surface area contributed by atoms with E-state index in [1.807, 2.05) is 0 Å². The molecule has 1 heteroatoms. The van der Waals surface area contributed by atoms with Crippen molar-refractivity contribution in [3.8, 4) is 0 Å². The van der Waals surface area contributed by atoms with Crippen LogP contribution in [0.4, 0.5) is 0 Å². The highest BCUT2D eigenvalue weighted by atomic mass is 16.5. The second kappa shape index (κ2) is 13.7. The molecule has 1 aromatic carbocycles. The normalized spacial score (nSPS) is 10.9. The molecule has 0 atom stereocenters. The van der Waals surface area contributed by atoms with E-state index in [0.717, 1.165) is 43.1 Å². The van der Waals surface area contributed by atoms with Gasteiger partial charge in [0.25, 0.3) is 0 Å². The lowest BCUT2D eigenvalue weighted by molar-refractivity contribution is 0.271. The van der Waals surface area contributed by atoms with Crippen LogP contribution in [-0.4, -0.2) is 6.61 Å². The van der Waals surface area contributed by atoms with Gasteiger partial charge in [0, 0.05) is 5.56 Å². The Morgan fingerprint density at radius 2 is 1.58 bits per heavy atom. The first-order valence-corrected chi connectivity index (χ1v) is 10.6. The quantitative estimate of drug-likeness (QED) is 0.227. The van der Waals surface area contributed by atoms with E-state index < -0.39 is 0 Å². The summed E-state index contributed by atoms with van der Waals surface area (Å²) in [6.07, 6.45) is 12.7. The molecule has 0 amide bonds. The first kappa shape index (κ1) is 22.5. The molecule has 0 aromatic heterocycles. The molecule has 0 radical (unpaired) electrons. The lowest BCUT2D eigenvalue weighted by atomic mass is 9.98. The van der Waals surface area contributed by atoms with Crippen LogP contribution < -0.4 is 0 Å². The number of ether oxygens (including phenoxy) is 1. The van der Waals surface area contributed by atoms with Gasteiger partial charge in [-0.2, -0.15) is 0 Å². The van der Waals surface area contributed by atoms with Crippen LogP contribution in [0.5, 0.6) is 0 Å². The molecule has 0 fully saturated rings. The van der Waals surface area contributed by atoms with Gasteiger partial charge in [0.1, 0.15) is 5.76 Å². The number of benzene rings is 1. The Bertz CT molecular complexity index is 527. The zero-order chi connectivity index (χ0) is 19.2. The average molecular weight is 357 g/mol. The first-order chi connectivity index (χ1) is 12.5. The van der Waals surface area contributed by atoms with E-state index >= 15 is 0 Å². The zero-order valence-corrected chi connectivity index (χ0v) is 17.5. The van der Waals surface area contributed by atoms with Crippen molar-refractivity contribution in [3.05, 3.63) is 48.6 Å². The maximum atomic E-state index is 5.74. The highest BCUT2D eigenvalue weighted by Gasteiger charge is 2.04.